The summed E-state index contributed by atoms with van der Waals surface area (Å²) in [6, 6.07) is 18.1. The number of esters is 3. The largest absolute Gasteiger partial charge is 0.463 e. The molecule has 0 aliphatic carbocycles. The van der Waals surface area contributed by atoms with Crippen molar-refractivity contribution in [3.63, 3.8) is 0 Å². The Kier molecular flexibility index (Phi) is 20.9. The van der Waals surface area contributed by atoms with E-state index in [-0.39, 0.29) is 110 Å². The van der Waals surface area contributed by atoms with Crippen molar-refractivity contribution in [1.29, 1.82) is 0 Å². The molecule has 0 bridgehead atoms. The molecule has 2 saturated heterocycles. The molecule has 90 heavy (non-hydrogen) atoms. The molecule has 33 heteroatoms. The number of carbonyl (C=O) groups excluding carboxylic acids is 8. The number of aromatic nitrogens is 12. The number of benzene rings is 2. The number of H-pyrrole nitrogens is 2. The fourth-order valence-electron chi connectivity index (χ4n) is 8.73. The van der Waals surface area contributed by atoms with Gasteiger partial charge in [-0.05, 0) is 11.1 Å². The van der Waals surface area contributed by atoms with Crippen LogP contribution in [-0.4, -0.2) is 150 Å². The zero-order valence-corrected chi connectivity index (χ0v) is 48.7. The zero-order valence-electron chi connectivity index (χ0n) is 48.7. The zero-order chi connectivity index (χ0) is 63.8. The van der Waals surface area contributed by atoms with Crippen molar-refractivity contribution in [3.05, 3.63) is 143 Å². The van der Waals surface area contributed by atoms with Crippen LogP contribution in [0.4, 0.5) is 26.3 Å². The van der Waals surface area contributed by atoms with Crippen LogP contribution in [0.5, 0.6) is 0 Å². The molecular formula is C57H61N15O18. The number of fused-ring (bicyclic) bond motifs is 2. The quantitative estimate of drug-likeness (QED) is 0.0500. The smallest absolute Gasteiger partial charge is 0.419 e. The normalized spacial score (nSPS) is 17.7. The van der Waals surface area contributed by atoms with Crippen LogP contribution in [-0.2, 0) is 75.1 Å². The number of hydrogen-bond acceptors (Lipinski definition) is 24. The van der Waals surface area contributed by atoms with Crippen molar-refractivity contribution >= 4 is 82.2 Å². The second kappa shape index (κ2) is 29.6. The van der Waals surface area contributed by atoms with Crippen molar-refractivity contribution in [2.24, 2.45) is 11.8 Å². The molecule has 2 fully saturated rings. The summed E-state index contributed by atoms with van der Waals surface area (Å²) in [7, 11) is 0. The highest BCUT2D eigenvalue weighted by Crippen LogP contribution is 2.35. The van der Waals surface area contributed by atoms with Crippen LogP contribution in [0.3, 0.4) is 0 Å². The third-order valence-electron chi connectivity index (χ3n) is 13.5. The fourth-order valence-corrected chi connectivity index (χ4v) is 8.73. The van der Waals surface area contributed by atoms with Gasteiger partial charge in [0.25, 0.3) is 11.1 Å². The van der Waals surface area contributed by atoms with Crippen LogP contribution in [0, 0.1) is 11.8 Å². The fraction of sp³-hybridized carbons (Fsp3) is 0.368. The maximum absolute atomic E-state index is 12.8. The van der Waals surface area contributed by atoms with Crippen molar-refractivity contribution in [1.82, 2.24) is 63.5 Å². The summed E-state index contributed by atoms with van der Waals surface area (Å²) in [5.41, 5.74) is 0.610. The average molecular weight is 1240 g/mol. The maximum atomic E-state index is 12.8. The molecule has 6 unspecified atom stereocenters. The Balaban J connectivity index is 0.000000224. The Morgan fingerprint density at radius 2 is 1.03 bits per heavy atom. The van der Waals surface area contributed by atoms with Crippen molar-refractivity contribution in [3.8, 4) is 0 Å². The van der Waals surface area contributed by atoms with E-state index in [0.717, 1.165) is 20.3 Å². The van der Waals surface area contributed by atoms with E-state index in [1.54, 1.807) is 64.1 Å². The topological polar surface area (TPSA) is 409 Å². The SMILES string of the molecule is CC(C)C(=O)Nc1nc2c(ncn2C2CC(OC(=O)NCC(=O)OCc3ccccc3)C(COC(=O)CCC(=O)OCc3ccccc3)O2)c(=O)[nH]1.CC(C)C(=O)Nc1nc2c(ncn2C2CC(OC(=O)n3ccnc3)C(COC(=O)n3ccnc3)O2)c(=O)[nH]1. The van der Waals surface area contributed by atoms with Gasteiger partial charge in [-0.25, -0.2) is 43.5 Å². The Morgan fingerprint density at radius 1 is 0.578 bits per heavy atom. The molecule has 10 rings (SSSR count). The number of hydrogen-bond donors (Lipinski definition) is 5. The first-order valence-corrected chi connectivity index (χ1v) is 28.0. The molecular weight excluding hydrogens is 1180 g/mol. The first kappa shape index (κ1) is 63.5. The second-order valence-electron chi connectivity index (χ2n) is 20.7. The molecule has 0 saturated carbocycles. The van der Waals surface area contributed by atoms with Gasteiger partial charge >= 0.3 is 36.2 Å². The molecule has 33 nitrogen and oxygen atoms in total. The summed E-state index contributed by atoms with van der Waals surface area (Å²) < 4.78 is 49.7. The minimum Gasteiger partial charge on any atom is -0.463 e. The first-order chi connectivity index (χ1) is 43.3. The molecule has 8 heterocycles. The lowest BCUT2D eigenvalue weighted by atomic mass is 10.2. The van der Waals surface area contributed by atoms with Crippen molar-refractivity contribution < 1.29 is 76.3 Å². The molecule has 0 radical (unpaired) electrons. The van der Waals surface area contributed by atoms with E-state index in [1.807, 2.05) is 24.3 Å². The van der Waals surface area contributed by atoms with Crippen LogP contribution in [0.15, 0.2) is 120 Å². The third-order valence-corrected chi connectivity index (χ3v) is 13.5. The van der Waals surface area contributed by atoms with Gasteiger partial charge in [-0.1, -0.05) is 88.4 Å². The van der Waals surface area contributed by atoms with Gasteiger partial charge < -0.3 is 43.2 Å². The monoisotopic (exact) mass is 1240 g/mol. The highest BCUT2D eigenvalue weighted by Gasteiger charge is 2.42. The van der Waals surface area contributed by atoms with E-state index in [2.05, 4.69) is 55.8 Å². The molecule has 5 N–H and O–H groups in total. The number of alkyl carbamates (subject to hydrolysis) is 1. The van der Waals surface area contributed by atoms with Crippen LogP contribution in [0.2, 0.25) is 0 Å². The van der Waals surface area contributed by atoms with E-state index in [9.17, 15) is 47.9 Å². The summed E-state index contributed by atoms with van der Waals surface area (Å²) >= 11 is 0. The molecule has 8 aromatic rings. The molecule has 2 aromatic carbocycles. The molecule has 2 aliphatic rings. The predicted octanol–water partition coefficient (Wildman–Crippen LogP) is 4.04. The predicted molar refractivity (Wildman–Crippen MR) is 308 cm³/mol. The Labute approximate surface area is 508 Å². The summed E-state index contributed by atoms with van der Waals surface area (Å²) in [6.45, 7) is 5.74. The van der Waals surface area contributed by atoms with Crippen LogP contribution < -0.4 is 27.1 Å². The summed E-state index contributed by atoms with van der Waals surface area (Å²) in [6.07, 6.45) is 2.76. The number of nitrogens with zero attached hydrogens (tertiary/aromatic N) is 10. The van der Waals surface area contributed by atoms with Gasteiger partial charge in [0.05, 0.1) is 25.5 Å². The first-order valence-electron chi connectivity index (χ1n) is 28.0. The lowest BCUT2D eigenvalue weighted by Crippen LogP contribution is -2.38. The lowest BCUT2D eigenvalue weighted by molar-refractivity contribution is -0.154. The number of carbonyl (C=O) groups is 8. The minimum absolute atomic E-state index is 0.00642. The molecule has 6 atom stereocenters. The van der Waals surface area contributed by atoms with Crippen LogP contribution >= 0.6 is 0 Å². The Hall–Kier alpha value is -11.0. The molecule has 472 valence electrons. The van der Waals surface area contributed by atoms with E-state index in [1.165, 1.54) is 59.2 Å². The van der Waals surface area contributed by atoms with Gasteiger partial charge in [0, 0.05) is 49.5 Å². The molecule has 6 aromatic heterocycles. The van der Waals surface area contributed by atoms with E-state index < -0.39 is 90.7 Å². The summed E-state index contributed by atoms with van der Waals surface area (Å²) in [5.74, 6) is -3.59. The second-order valence-corrected chi connectivity index (χ2v) is 20.7. The number of amides is 3. The van der Waals surface area contributed by atoms with E-state index in [4.69, 9.17) is 37.9 Å². The Bertz CT molecular complexity index is 3940. The molecule has 0 spiro atoms. The highest BCUT2D eigenvalue weighted by molar-refractivity contribution is 5.91. The number of ether oxygens (including phenoxy) is 8. The van der Waals surface area contributed by atoms with Gasteiger partial charge in [0.2, 0.25) is 23.7 Å². The average Bonchev–Trinajstić information content (AvgIpc) is 1.66. The van der Waals surface area contributed by atoms with Crippen molar-refractivity contribution in [2.45, 2.75) is 103 Å². The number of nitrogens with one attached hydrogen (secondary N) is 5. The number of aromatic amines is 2. The lowest BCUT2D eigenvalue weighted by Gasteiger charge is -2.19. The van der Waals surface area contributed by atoms with Gasteiger partial charge in [0.15, 0.2) is 22.3 Å². The molecule has 2 aliphatic heterocycles. The third kappa shape index (κ3) is 16.8. The molecule has 3 amide bonds. The number of rotatable bonds is 21. The number of anilines is 2. The minimum atomic E-state index is -1.02. The Morgan fingerprint density at radius 3 is 1.51 bits per heavy atom. The van der Waals surface area contributed by atoms with Gasteiger partial charge in [0.1, 0.15) is 82.5 Å². The van der Waals surface area contributed by atoms with Gasteiger partial charge in [-0.3, -0.25) is 63.3 Å². The summed E-state index contributed by atoms with van der Waals surface area (Å²) in [4.78, 5) is 154. The van der Waals surface area contributed by atoms with Crippen molar-refractivity contribution in [2.75, 3.05) is 30.4 Å². The van der Waals surface area contributed by atoms with Crippen LogP contribution in [0.1, 0.15) is 77.0 Å². The standard InChI is InChI=1S/C35H38N6O11.C22H23N9O7/c1-21(2)32(45)39-34-38-31-30(33(46)40-34)37-20-41(31)26-15-24(52-35(47)36-16-29(44)49-18-23-11-7-4-8-12-23)25(51-26)19-50-28(43)14-13-27(42)48-17-22-9-5-3-6-10-22;1-12(2)18(32)27-20-26-17-16(19(33)28-20)25-11-31(17)15-7-13(38-22(35)30-6-4-24-10-30)14(37-15)8-36-21(34)29-5-3-23-9-29/h3-12,20-21,24-26H,13-19H2,1-2H3,(H,36,47)(H2,38,39,40,45,46);3-6,9-15H,7-8H2,1-2H3,(H2,26,27,28,32,33). The van der Waals surface area contributed by atoms with E-state index in [0.29, 0.717) is 0 Å². The number of imidazole rings is 4. The van der Waals surface area contributed by atoms with Crippen LogP contribution in [0.25, 0.3) is 22.3 Å². The van der Waals surface area contributed by atoms with Gasteiger partial charge in [-0.2, -0.15) is 9.97 Å². The van der Waals surface area contributed by atoms with Gasteiger partial charge in [-0.15, -0.1) is 0 Å². The van der Waals surface area contributed by atoms with E-state index >= 15 is 0 Å². The highest BCUT2D eigenvalue weighted by atomic mass is 16.6. The maximum Gasteiger partial charge on any atom is 0.419 e. The summed E-state index contributed by atoms with van der Waals surface area (Å²) in [5, 5.41) is 7.44.